The van der Waals surface area contributed by atoms with Gasteiger partial charge in [0.25, 0.3) is 0 Å². The number of nitrogens with zero attached hydrogens (tertiary/aromatic N) is 1. The number of nitrogens with one attached hydrogen (secondary N) is 2. The summed E-state index contributed by atoms with van der Waals surface area (Å²) in [5.74, 6) is 0.557. The van der Waals surface area contributed by atoms with Crippen LogP contribution in [0.4, 0.5) is 4.39 Å². The number of aromatic amines is 1. The Morgan fingerprint density at radius 1 is 1.32 bits per heavy atom. The molecule has 4 rings (SSSR count). The highest BCUT2D eigenvalue weighted by Crippen LogP contribution is 2.34. The molecule has 134 valence electrons. The van der Waals surface area contributed by atoms with E-state index in [9.17, 15) is 9.18 Å². The summed E-state index contributed by atoms with van der Waals surface area (Å²) in [4.78, 5) is 17.9. The van der Waals surface area contributed by atoms with Gasteiger partial charge in [-0.2, -0.15) is 0 Å². The molecule has 0 radical (unpaired) electrons. The molecule has 5 heteroatoms. The van der Waals surface area contributed by atoms with Crippen LogP contribution in [0.1, 0.15) is 43.2 Å². The van der Waals surface area contributed by atoms with Crippen molar-refractivity contribution in [2.45, 2.75) is 50.7 Å². The number of hydrogen-bond donors (Lipinski definition) is 2. The molecule has 0 bridgehead atoms. The number of benzene rings is 1. The van der Waals surface area contributed by atoms with Crippen molar-refractivity contribution in [1.29, 1.82) is 0 Å². The maximum absolute atomic E-state index is 13.3. The third-order valence-electron chi connectivity index (χ3n) is 5.84. The first-order chi connectivity index (χ1) is 12.2. The van der Waals surface area contributed by atoms with Crippen molar-refractivity contribution in [3.8, 4) is 0 Å². The van der Waals surface area contributed by atoms with Gasteiger partial charge < -0.3 is 15.2 Å². The quantitative estimate of drug-likeness (QED) is 0.899. The highest BCUT2D eigenvalue weighted by atomic mass is 19.1. The molecule has 2 aliphatic rings. The molecule has 25 heavy (non-hydrogen) atoms. The van der Waals surface area contributed by atoms with Gasteiger partial charge in [-0.15, -0.1) is 0 Å². The van der Waals surface area contributed by atoms with E-state index in [1.165, 1.54) is 22.0 Å². The number of aromatic nitrogens is 1. The zero-order valence-corrected chi connectivity index (χ0v) is 14.7. The predicted molar refractivity (Wildman–Crippen MR) is 97.5 cm³/mol. The van der Waals surface area contributed by atoms with Gasteiger partial charge in [0.05, 0.1) is 6.04 Å². The smallest absolute Gasteiger partial charge is 0.239 e. The van der Waals surface area contributed by atoms with E-state index in [0.29, 0.717) is 18.9 Å². The van der Waals surface area contributed by atoms with Crippen LogP contribution in [0.5, 0.6) is 0 Å². The summed E-state index contributed by atoms with van der Waals surface area (Å²) >= 11 is 0. The molecule has 0 aliphatic carbocycles. The molecule has 2 fully saturated rings. The first-order valence-corrected chi connectivity index (χ1v) is 9.42. The van der Waals surface area contributed by atoms with Gasteiger partial charge in [-0.05, 0) is 36.3 Å². The summed E-state index contributed by atoms with van der Waals surface area (Å²) in [6.45, 7) is 4.01. The Morgan fingerprint density at radius 3 is 2.80 bits per heavy atom. The average molecular weight is 343 g/mol. The number of fused-ring (bicyclic) bond motifs is 1. The first kappa shape index (κ1) is 16.6. The molecule has 1 amide bonds. The van der Waals surface area contributed by atoms with Gasteiger partial charge in [0.1, 0.15) is 6.17 Å². The number of H-pyrrole nitrogens is 1. The molecular weight excluding hydrogens is 317 g/mol. The van der Waals surface area contributed by atoms with E-state index in [-0.39, 0.29) is 11.9 Å². The standard InChI is InChI=1S/C20H26FN3O/c1-2-13-4-3-5-16-17(12-23-19(13)16)14-6-8-24(9-7-14)20(25)18-10-15(21)11-22-18/h3-5,12,14-15,18,22-23H,2,6-11H2,1H3/t15-,18+/m0/s1. The van der Waals surface area contributed by atoms with Crippen molar-refractivity contribution in [3.63, 3.8) is 0 Å². The SMILES string of the molecule is CCc1cccc2c(C3CCN(C(=O)[C@H]4C[C@H](F)CN4)CC3)c[nH]c12. The molecule has 0 saturated carbocycles. The molecular formula is C20H26FN3O. The molecule has 2 aliphatic heterocycles. The number of carbonyl (C=O) groups is 1. The molecule has 2 saturated heterocycles. The van der Waals surface area contributed by atoms with Crippen molar-refractivity contribution in [1.82, 2.24) is 15.2 Å². The zero-order chi connectivity index (χ0) is 17.4. The Labute approximate surface area is 147 Å². The van der Waals surface area contributed by atoms with E-state index in [2.05, 4.69) is 41.6 Å². The number of aryl methyl sites for hydroxylation is 1. The van der Waals surface area contributed by atoms with Crippen molar-refractivity contribution in [3.05, 3.63) is 35.5 Å². The van der Waals surface area contributed by atoms with Crippen LogP contribution in [-0.2, 0) is 11.2 Å². The summed E-state index contributed by atoms with van der Waals surface area (Å²) in [5.41, 5.74) is 3.98. The second-order valence-corrected chi connectivity index (χ2v) is 7.33. The number of alkyl halides is 1. The Balaban J connectivity index is 1.45. The molecule has 1 aromatic heterocycles. The molecule has 2 atom stereocenters. The van der Waals surface area contributed by atoms with Crippen LogP contribution in [0.25, 0.3) is 10.9 Å². The lowest BCUT2D eigenvalue weighted by Gasteiger charge is -2.33. The number of piperidine rings is 1. The summed E-state index contributed by atoms with van der Waals surface area (Å²) < 4.78 is 13.3. The van der Waals surface area contributed by atoms with E-state index < -0.39 is 6.17 Å². The predicted octanol–water partition coefficient (Wildman–Crippen LogP) is 3.14. The van der Waals surface area contributed by atoms with Gasteiger partial charge in [0.2, 0.25) is 5.91 Å². The van der Waals surface area contributed by atoms with Gasteiger partial charge in [0.15, 0.2) is 0 Å². The van der Waals surface area contributed by atoms with E-state index in [0.717, 1.165) is 32.4 Å². The van der Waals surface area contributed by atoms with E-state index in [1.54, 1.807) is 0 Å². The number of amides is 1. The number of para-hydroxylation sites is 1. The van der Waals surface area contributed by atoms with Crippen molar-refractivity contribution >= 4 is 16.8 Å². The van der Waals surface area contributed by atoms with Crippen molar-refractivity contribution < 1.29 is 9.18 Å². The second kappa shape index (κ2) is 6.79. The fraction of sp³-hybridized carbons (Fsp3) is 0.550. The fourth-order valence-corrected chi connectivity index (χ4v) is 4.38. The lowest BCUT2D eigenvalue weighted by atomic mass is 9.88. The summed E-state index contributed by atoms with van der Waals surface area (Å²) in [6, 6.07) is 6.18. The minimum atomic E-state index is -0.884. The monoisotopic (exact) mass is 343 g/mol. The molecule has 3 heterocycles. The van der Waals surface area contributed by atoms with Crippen LogP contribution in [0, 0.1) is 0 Å². The topological polar surface area (TPSA) is 48.1 Å². The minimum Gasteiger partial charge on any atom is -0.361 e. The molecule has 0 unspecified atom stereocenters. The molecule has 4 nitrogen and oxygen atoms in total. The maximum atomic E-state index is 13.3. The van der Waals surface area contributed by atoms with Crippen LogP contribution in [0.2, 0.25) is 0 Å². The van der Waals surface area contributed by atoms with E-state index in [4.69, 9.17) is 0 Å². The average Bonchev–Trinajstić information content (AvgIpc) is 3.27. The number of carbonyl (C=O) groups excluding carboxylic acids is 1. The Bertz CT molecular complexity index is 763. The second-order valence-electron chi connectivity index (χ2n) is 7.33. The summed E-state index contributed by atoms with van der Waals surface area (Å²) in [7, 11) is 0. The largest absolute Gasteiger partial charge is 0.361 e. The van der Waals surface area contributed by atoms with Gasteiger partial charge in [0, 0.05) is 43.2 Å². The zero-order valence-electron chi connectivity index (χ0n) is 14.7. The first-order valence-electron chi connectivity index (χ1n) is 9.42. The molecule has 2 N–H and O–H groups in total. The van der Waals surface area contributed by atoms with Crippen molar-refractivity contribution in [2.75, 3.05) is 19.6 Å². The maximum Gasteiger partial charge on any atom is 0.239 e. The number of likely N-dealkylation sites (tertiary alicyclic amines) is 1. The van der Waals surface area contributed by atoms with E-state index in [1.807, 2.05) is 4.90 Å². The number of halogens is 1. The normalized spacial score (nSPS) is 25.0. The third-order valence-corrected chi connectivity index (χ3v) is 5.84. The van der Waals surface area contributed by atoms with Gasteiger partial charge in [-0.1, -0.05) is 25.1 Å². The highest BCUT2D eigenvalue weighted by molar-refractivity contribution is 5.87. The fourth-order valence-electron chi connectivity index (χ4n) is 4.38. The minimum absolute atomic E-state index is 0.0748. The Morgan fingerprint density at radius 2 is 2.12 bits per heavy atom. The molecule has 1 aromatic carbocycles. The Kier molecular flexibility index (Phi) is 4.50. The molecule has 2 aromatic rings. The molecule has 0 spiro atoms. The lowest BCUT2D eigenvalue weighted by molar-refractivity contribution is -0.134. The van der Waals surface area contributed by atoms with Crippen molar-refractivity contribution in [2.24, 2.45) is 0 Å². The van der Waals surface area contributed by atoms with Crippen LogP contribution in [0.3, 0.4) is 0 Å². The summed E-state index contributed by atoms with van der Waals surface area (Å²) in [5, 5.41) is 4.33. The third kappa shape index (κ3) is 3.06. The van der Waals surface area contributed by atoms with Gasteiger partial charge >= 0.3 is 0 Å². The lowest BCUT2D eigenvalue weighted by Crippen LogP contribution is -2.46. The highest BCUT2D eigenvalue weighted by Gasteiger charge is 2.34. The Hall–Kier alpha value is -1.88. The van der Waals surface area contributed by atoms with Crippen LogP contribution < -0.4 is 5.32 Å². The number of rotatable bonds is 3. The van der Waals surface area contributed by atoms with Crippen LogP contribution >= 0.6 is 0 Å². The summed E-state index contributed by atoms with van der Waals surface area (Å²) in [6.07, 6.45) is 4.56. The van der Waals surface area contributed by atoms with Crippen LogP contribution in [-0.4, -0.2) is 47.6 Å². The van der Waals surface area contributed by atoms with Crippen LogP contribution in [0.15, 0.2) is 24.4 Å². The number of hydrogen-bond acceptors (Lipinski definition) is 2. The van der Waals surface area contributed by atoms with Gasteiger partial charge in [-0.25, -0.2) is 4.39 Å². The van der Waals surface area contributed by atoms with E-state index >= 15 is 0 Å². The van der Waals surface area contributed by atoms with Gasteiger partial charge in [-0.3, -0.25) is 4.79 Å².